The molecule has 0 aromatic rings. The van der Waals surface area contributed by atoms with Gasteiger partial charge >= 0.3 is 5.97 Å². The van der Waals surface area contributed by atoms with Gasteiger partial charge in [0.25, 0.3) is 0 Å². The van der Waals surface area contributed by atoms with Crippen LogP contribution in [0.15, 0.2) is 0 Å². The Morgan fingerprint density at radius 2 is 1.72 bits per heavy atom. The van der Waals surface area contributed by atoms with Gasteiger partial charge < -0.3 is 9.64 Å². The van der Waals surface area contributed by atoms with Crippen LogP contribution < -0.4 is 0 Å². The molecule has 0 aromatic carbocycles. The van der Waals surface area contributed by atoms with Crippen molar-refractivity contribution in [1.82, 2.24) is 4.90 Å². The van der Waals surface area contributed by atoms with Crippen molar-refractivity contribution in [3.63, 3.8) is 0 Å². The lowest BCUT2D eigenvalue weighted by Gasteiger charge is -2.42. The van der Waals surface area contributed by atoms with Crippen molar-refractivity contribution >= 4 is 5.97 Å². The molecule has 2 fully saturated rings. The van der Waals surface area contributed by atoms with Gasteiger partial charge in [-0.3, -0.25) is 4.79 Å². The van der Waals surface area contributed by atoms with Crippen LogP contribution in [0, 0.1) is 17.8 Å². The van der Waals surface area contributed by atoms with Crippen LogP contribution in [0.25, 0.3) is 0 Å². The van der Waals surface area contributed by atoms with E-state index in [9.17, 15) is 4.79 Å². The largest absolute Gasteiger partial charge is 0.469 e. The van der Waals surface area contributed by atoms with Crippen molar-refractivity contribution in [2.75, 3.05) is 20.2 Å². The number of rotatable bonds is 2. The summed E-state index contributed by atoms with van der Waals surface area (Å²) in [6, 6.07) is 0.759. The number of esters is 1. The maximum Gasteiger partial charge on any atom is 0.308 e. The minimum atomic E-state index is -0.0136. The van der Waals surface area contributed by atoms with E-state index in [1.54, 1.807) is 0 Å². The Bertz CT molecular complexity index is 284. The molecule has 2 aliphatic rings. The SMILES string of the molecule is COC(=O)C1CCN(C2CCC(C)C(C)C2)CC1. The summed E-state index contributed by atoms with van der Waals surface area (Å²) in [5.41, 5.74) is 0. The molecule has 1 saturated carbocycles. The quantitative estimate of drug-likeness (QED) is 0.709. The first kappa shape index (κ1) is 13.9. The number of likely N-dealkylation sites (tertiary alicyclic amines) is 1. The normalized spacial score (nSPS) is 35.4. The van der Waals surface area contributed by atoms with Gasteiger partial charge in [0.2, 0.25) is 0 Å². The Kier molecular flexibility index (Phi) is 4.66. The summed E-state index contributed by atoms with van der Waals surface area (Å²) < 4.78 is 4.84. The Morgan fingerprint density at radius 1 is 1.06 bits per heavy atom. The van der Waals surface area contributed by atoms with Crippen LogP contribution in [-0.4, -0.2) is 37.1 Å². The van der Waals surface area contributed by atoms with Crippen LogP contribution in [0.4, 0.5) is 0 Å². The van der Waals surface area contributed by atoms with E-state index in [1.165, 1.54) is 26.4 Å². The van der Waals surface area contributed by atoms with E-state index in [-0.39, 0.29) is 11.9 Å². The molecule has 0 N–H and O–H groups in total. The summed E-state index contributed by atoms with van der Waals surface area (Å²) >= 11 is 0. The van der Waals surface area contributed by atoms with Crippen LogP contribution in [0.3, 0.4) is 0 Å². The summed E-state index contributed by atoms with van der Waals surface area (Å²) in [6.07, 6.45) is 6.00. The summed E-state index contributed by atoms with van der Waals surface area (Å²) in [7, 11) is 1.50. The van der Waals surface area contributed by atoms with Crippen molar-refractivity contribution in [2.24, 2.45) is 17.8 Å². The molecule has 3 heteroatoms. The van der Waals surface area contributed by atoms with Crippen LogP contribution in [0.1, 0.15) is 46.0 Å². The molecule has 18 heavy (non-hydrogen) atoms. The van der Waals surface area contributed by atoms with Crippen molar-refractivity contribution in [3.05, 3.63) is 0 Å². The smallest absolute Gasteiger partial charge is 0.308 e. The van der Waals surface area contributed by atoms with Crippen molar-refractivity contribution < 1.29 is 9.53 Å². The van der Waals surface area contributed by atoms with Gasteiger partial charge in [-0.2, -0.15) is 0 Å². The molecule has 3 unspecified atom stereocenters. The molecule has 3 atom stereocenters. The van der Waals surface area contributed by atoms with E-state index in [1.807, 2.05) is 0 Å². The van der Waals surface area contributed by atoms with Gasteiger partial charge in [-0.15, -0.1) is 0 Å². The molecule has 104 valence electrons. The van der Waals surface area contributed by atoms with Gasteiger partial charge in [-0.05, 0) is 57.0 Å². The number of hydrogen-bond donors (Lipinski definition) is 0. The third-order valence-electron chi connectivity index (χ3n) is 5.15. The summed E-state index contributed by atoms with van der Waals surface area (Å²) in [5.74, 6) is 1.86. The van der Waals surface area contributed by atoms with E-state index in [0.717, 1.165) is 43.8 Å². The van der Waals surface area contributed by atoms with Gasteiger partial charge in [0.05, 0.1) is 13.0 Å². The minimum absolute atomic E-state index is 0.0136. The van der Waals surface area contributed by atoms with Crippen LogP contribution >= 0.6 is 0 Å². The van der Waals surface area contributed by atoms with Crippen molar-refractivity contribution in [2.45, 2.75) is 52.0 Å². The number of methoxy groups -OCH3 is 1. The maximum atomic E-state index is 11.5. The molecule has 1 aliphatic carbocycles. The number of piperidine rings is 1. The zero-order valence-electron chi connectivity index (χ0n) is 12.0. The number of hydrogen-bond acceptors (Lipinski definition) is 3. The zero-order chi connectivity index (χ0) is 13.1. The predicted octanol–water partition coefficient (Wildman–Crippen LogP) is 2.70. The molecule has 0 bridgehead atoms. The second-order valence-electron chi connectivity index (χ2n) is 6.25. The fourth-order valence-electron chi connectivity index (χ4n) is 3.52. The summed E-state index contributed by atoms with van der Waals surface area (Å²) in [4.78, 5) is 14.1. The lowest BCUT2D eigenvalue weighted by atomic mass is 9.78. The van der Waals surface area contributed by atoms with Gasteiger partial charge in [-0.25, -0.2) is 0 Å². The first-order valence-electron chi connectivity index (χ1n) is 7.43. The maximum absolute atomic E-state index is 11.5. The molecule has 0 spiro atoms. The van der Waals surface area contributed by atoms with E-state index >= 15 is 0 Å². The van der Waals surface area contributed by atoms with Crippen molar-refractivity contribution in [3.8, 4) is 0 Å². The highest BCUT2D eigenvalue weighted by Crippen LogP contribution is 2.33. The number of carbonyl (C=O) groups excluding carboxylic acids is 1. The van der Waals surface area contributed by atoms with Crippen molar-refractivity contribution in [1.29, 1.82) is 0 Å². The molecule has 1 saturated heterocycles. The fraction of sp³-hybridized carbons (Fsp3) is 0.933. The fourth-order valence-corrected chi connectivity index (χ4v) is 3.52. The second kappa shape index (κ2) is 6.05. The van der Waals surface area contributed by atoms with Gasteiger partial charge in [-0.1, -0.05) is 13.8 Å². The Hall–Kier alpha value is -0.570. The molecule has 2 rings (SSSR count). The van der Waals surface area contributed by atoms with Gasteiger partial charge in [0.15, 0.2) is 0 Å². The van der Waals surface area contributed by atoms with E-state index in [2.05, 4.69) is 18.7 Å². The van der Waals surface area contributed by atoms with Gasteiger partial charge in [0.1, 0.15) is 0 Å². The second-order valence-corrected chi connectivity index (χ2v) is 6.25. The van der Waals surface area contributed by atoms with E-state index in [4.69, 9.17) is 4.74 Å². The lowest BCUT2D eigenvalue weighted by Crippen LogP contribution is -2.45. The third-order valence-corrected chi connectivity index (χ3v) is 5.15. The molecule has 0 aromatic heterocycles. The highest BCUT2D eigenvalue weighted by molar-refractivity contribution is 5.72. The van der Waals surface area contributed by atoms with Crippen LogP contribution in [-0.2, 0) is 9.53 Å². The average Bonchev–Trinajstić information content (AvgIpc) is 2.41. The minimum Gasteiger partial charge on any atom is -0.469 e. The number of ether oxygens (including phenoxy) is 1. The van der Waals surface area contributed by atoms with Crippen LogP contribution in [0.5, 0.6) is 0 Å². The Balaban J connectivity index is 1.81. The zero-order valence-corrected chi connectivity index (χ0v) is 12.0. The molecule has 0 amide bonds. The molecule has 1 aliphatic heterocycles. The average molecular weight is 253 g/mol. The molecular formula is C15H27NO2. The highest BCUT2D eigenvalue weighted by atomic mass is 16.5. The summed E-state index contributed by atoms with van der Waals surface area (Å²) in [5, 5.41) is 0. The molecule has 1 heterocycles. The third kappa shape index (κ3) is 3.05. The Labute approximate surface area is 111 Å². The highest BCUT2D eigenvalue weighted by Gasteiger charge is 2.32. The van der Waals surface area contributed by atoms with Crippen LogP contribution in [0.2, 0.25) is 0 Å². The Morgan fingerprint density at radius 3 is 2.28 bits per heavy atom. The topological polar surface area (TPSA) is 29.5 Å². The van der Waals surface area contributed by atoms with E-state index < -0.39 is 0 Å². The molecular weight excluding hydrogens is 226 g/mol. The standard InChI is InChI=1S/C15H27NO2/c1-11-4-5-14(10-12(11)2)16-8-6-13(7-9-16)15(17)18-3/h11-14H,4-10H2,1-3H3. The van der Waals surface area contributed by atoms with Gasteiger partial charge in [0, 0.05) is 6.04 Å². The summed E-state index contributed by atoms with van der Waals surface area (Å²) in [6.45, 7) is 6.92. The molecule has 3 nitrogen and oxygen atoms in total. The molecule has 0 radical (unpaired) electrons. The monoisotopic (exact) mass is 253 g/mol. The van der Waals surface area contributed by atoms with E-state index in [0.29, 0.717) is 0 Å². The first-order chi connectivity index (χ1) is 8.61. The predicted molar refractivity (Wildman–Crippen MR) is 72.3 cm³/mol. The number of nitrogens with zero attached hydrogens (tertiary/aromatic N) is 1. The lowest BCUT2D eigenvalue weighted by molar-refractivity contribution is -0.147. The number of carbonyl (C=O) groups is 1. The first-order valence-corrected chi connectivity index (χ1v) is 7.43.